The lowest BCUT2D eigenvalue weighted by molar-refractivity contribution is 0.486. The molecule has 3 heteroatoms. The quantitative estimate of drug-likeness (QED) is 0.820. The van der Waals surface area contributed by atoms with Gasteiger partial charge >= 0.3 is 0 Å². The average molecular weight is 205 g/mol. The third-order valence-corrected chi connectivity index (χ3v) is 3.72. The molecule has 15 heavy (non-hydrogen) atoms. The van der Waals surface area contributed by atoms with E-state index in [9.17, 15) is 0 Å². The number of rotatable bonds is 3. The Morgan fingerprint density at radius 3 is 3.00 bits per heavy atom. The summed E-state index contributed by atoms with van der Waals surface area (Å²) < 4.78 is 2.44. The van der Waals surface area contributed by atoms with Gasteiger partial charge in [0.2, 0.25) is 0 Å². The van der Waals surface area contributed by atoms with Crippen LogP contribution in [0.2, 0.25) is 0 Å². The Labute approximate surface area is 90.7 Å². The van der Waals surface area contributed by atoms with Gasteiger partial charge in [-0.3, -0.25) is 0 Å². The van der Waals surface area contributed by atoms with E-state index in [1.807, 2.05) is 0 Å². The smallest absolute Gasteiger partial charge is 0.0954 e. The lowest BCUT2D eigenvalue weighted by Crippen LogP contribution is -2.17. The Balaban J connectivity index is 1.95. The van der Waals surface area contributed by atoms with E-state index in [1.54, 1.807) is 0 Å². The van der Waals surface area contributed by atoms with Crippen LogP contribution in [0.15, 0.2) is 6.33 Å². The van der Waals surface area contributed by atoms with Gasteiger partial charge in [-0.15, -0.1) is 0 Å². The van der Waals surface area contributed by atoms with Gasteiger partial charge in [-0.25, -0.2) is 4.98 Å². The minimum Gasteiger partial charge on any atom is -0.331 e. The molecule has 1 aromatic rings. The third-order valence-electron chi connectivity index (χ3n) is 3.72. The summed E-state index contributed by atoms with van der Waals surface area (Å²) in [5.74, 6) is 0.682. The van der Waals surface area contributed by atoms with Crippen LogP contribution in [-0.4, -0.2) is 16.1 Å². The highest BCUT2D eigenvalue weighted by Gasteiger charge is 2.31. The molecule has 3 nitrogen and oxygen atoms in total. The van der Waals surface area contributed by atoms with Crippen molar-refractivity contribution in [3.63, 3.8) is 0 Å². The average Bonchev–Trinajstić information content (AvgIpc) is 3.00. The Kier molecular flexibility index (Phi) is 2.28. The van der Waals surface area contributed by atoms with Crippen molar-refractivity contribution in [3.05, 3.63) is 17.7 Å². The van der Waals surface area contributed by atoms with E-state index in [4.69, 9.17) is 5.73 Å². The van der Waals surface area contributed by atoms with Crippen molar-refractivity contribution in [2.24, 2.45) is 5.73 Å². The predicted molar refractivity (Wildman–Crippen MR) is 59.8 cm³/mol. The molecule has 0 bridgehead atoms. The first-order valence-electron chi connectivity index (χ1n) is 6.16. The van der Waals surface area contributed by atoms with Crippen LogP contribution >= 0.6 is 0 Å². The van der Waals surface area contributed by atoms with Crippen molar-refractivity contribution in [3.8, 4) is 0 Å². The molecule has 0 radical (unpaired) electrons. The summed E-state index contributed by atoms with van der Waals surface area (Å²) in [6.07, 6.45) is 9.66. The molecule has 0 amide bonds. The molecule has 82 valence electrons. The highest BCUT2D eigenvalue weighted by molar-refractivity contribution is 5.23. The van der Waals surface area contributed by atoms with Crippen LogP contribution in [0.3, 0.4) is 0 Å². The first-order valence-corrected chi connectivity index (χ1v) is 6.16. The van der Waals surface area contributed by atoms with Crippen LogP contribution in [0.4, 0.5) is 0 Å². The minimum absolute atomic E-state index is 0.682. The van der Waals surface area contributed by atoms with E-state index in [1.165, 1.54) is 43.5 Å². The molecule has 0 aliphatic heterocycles. The molecular weight excluding hydrogens is 186 g/mol. The topological polar surface area (TPSA) is 43.8 Å². The zero-order valence-electron chi connectivity index (χ0n) is 9.15. The summed E-state index contributed by atoms with van der Waals surface area (Å²) in [5, 5.41) is 0. The van der Waals surface area contributed by atoms with Crippen LogP contribution in [0.25, 0.3) is 0 Å². The van der Waals surface area contributed by atoms with Crippen LogP contribution in [0, 0.1) is 0 Å². The van der Waals surface area contributed by atoms with E-state index in [0.29, 0.717) is 5.92 Å². The highest BCUT2D eigenvalue weighted by atomic mass is 15.1. The molecule has 1 unspecified atom stereocenters. The van der Waals surface area contributed by atoms with Crippen molar-refractivity contribution >= 4 is 0 Å². The second-order valence-corrected chi connectivity index (χ2v) is 4.88. The number of aryl methyl sites for hydroxylation is 1. The largest absolute Gasteiger partial charge is 0.331 e. The fourth-order valence-corrected chi connectivity index (χ4v) is 2.83. The van der Waals surface area contributed by atoms with E-state index in [0.717, 1.165) is 19.0 Å². The summed E-state index contributed by atoms with van der Waals surface area (Å²) in [6.45, 7) is 0.806. The van der Waals surface area contributed by atoms with E-state index >= 15 is 0 Å². The van der Waals surface area contributed by atoms with Crippen molar-refractivity contribution in [2.75, 3.05) is 6.54 Å². The Morgan fingerprint density at radius 2 is 2.27 bits per heavy atom. The maximum atomic E-state index is 5.70. The predicted octanol–water partition coefficient (Wildman–Crippen LogP) is 1.99. The van der Waals surface area contributed by atoms with E-state index in [-0.39, 0.29) is 0 Å². The summed E-state index contributed by atoms with van der Waals surface area (Å²) in [6, 6.07) is 0.764. The first kappa shape index (κ1) is 9.40. The van der Waals surface area contributed by atoms with Gasteiger partial charge in [0.1, 0.15) is 0 Å². The molecule has 2 aliphatic carbocycles. The van der Waals surface area contributed by atoms with Gasteiger partial charge in [0.05, 0.1) is 12.0 Å². The molecule has 1 heterocycles. The molecule has 1 atom stereocenters. The fourth-order valence-electron chi connectivity index (χ4n) is 2.83. The number of hydrogen-bond acceptors (Lipinski definition) is 2. The van der Waals surface area contributed by atoms with Gasteiger partial charge < -0.3 is 10.3 Å². The summed E-state index contributed by atoms with van der Waals surface area (Å²) >= 11 is 0. The van der Waals surface area contributed by atoms with Gasteiger partial charge in [0.15, 0.2) is 0 Å². The summed E-state index contributed by atoms with van der Waals surface area (Å²) in [4.78, 5) is 4.57. The van der Waals surface area contributed by atoms with Crippen molar-refractivity contribution in [1.82, 2.24) is 9.55 Å². The molecule has 1 saturated carbocycles. The Hall–Kier alpha value is -0.830. The van der Waals surface area contributed by atoms with Gasteiger partial charge in [-0.1, -0.05) is 0 Å². The van der Waals surface area contributed by atoms with Gasteiger partial charge in [-0.05, 0) is 45.1 Å². The summed E-state index contributed by atoms with van der Waals surface area (Å²) in [5.41, 5.74) is 8.57. The van der Waals surface area contributed by atoms with Crippen molar-refractivity contribution < 1.29 is 0 Å². The van der Waals surface area contributed by atoms with Crippen LogP contribution in [0.1, 0.15) is 55.5 Å². The van der Waals surface area contributed by atoms with Crippen molar-refractivity contribution in [2.45, 2.75) is 50.5 Å². The van der Waals surface area contributed by atoms with Crippen LogP contribution in [0.5, 0.6) is 0 Å². The SMILES string of the molecule is NCCC1CCCc2ncn(C3CC3)c21. The Morgan fingerprint density at radius 1 is 1.40 bits per heavy atom. The number of nitrogens with zero attached hydrogens (tertiary/aromatic N) is 2. The number of fused-ring (bicyclic) bond motifs is 1. The second kappa shape index (κ2) is 3.63. The van der Waals surface area contributed by atoms with E-state index < -0.39 is 0 Å². The highest BCUT2D eigenvalue weighted by Crippen LogP contribution is 2.41. The van der Waals surface area contributed by atoms with Crippen molar-refractivity contribution in [1.29, 1.82) is 0 Å². The summed E-state index contributed by atoms with van der Waals surface area (Å²) in [7, 11) is 0. The molecule has 1 fully saturated rings. The first-order chi connectivity index (χ1) is 7.40. The number of imidazole rings is 1. The minimum atomic E-state index is 0.682. The molecule has 0 aromatic carbocycles. The van der Waals surface area contributed by atoms with E-state index in [2.05, 4.69) is 15.9 Å². The third kappa shape index (κ3) is 1.59. The molecule has 2 aliphatic rings. The molecule has 2 N–H and O–H groups in total. The number of hydrogen-bond donors (Lipinski definition) is 1. The lowest BCUT2D eigenvalue weighted by Gasteiger charge is -2.23. The van der Waals surface area contributed by atoms with Crippen LogP contribution < -0.4 is 5.73 Å². The second-order valence-electron chi connectivity index (χ2n) is 4.88. The maximum Gasteiger partial charge on any atom is 0.0954 e. The van der Waals surface area contributed by atoms with Gasteiger partial charge in [-0.2, -0.15) is 0 Å². The van der Waals surface area contributed by atoms with Crippen LogP contribution in [-0.2, 0) is 6.42 Å². The fraction of sp³-hybridized carbons (Fsp3) is 0.750. The Bertz CT molecular complexity index is 352. The normalized spacial score (nSPS) is 25.3. The lowest BCUT2D eigenvalue weighted by atomic mass is 9.87. The molecule has 1 aromatic heterocycles. The zero-order valence-corrected chi connectivity index (χ0v) is 9.15. The number of aromatic nitrogens is 2. The van der Waals surface area contributed by atoms with Gasteiger partial charge in [0.25, 0.3) is 0 Å². The molecule has 0 saturated heterocycles. The molecule has 3 rings (SSSR count). The van der Waals surface area contributed by atoms with Gasteiger partial charge in [0, 0.05) is 17.7 Å². The standard InChI is InChI=1S/C12H19N3/c13-7-6-9-2-1-3-11-12(9)15(8-14-11)10-4-5-10/h8-10H,1-7,13H2. The zero-order chi connectivity index (χ0) is 10.3. The maximum absolute atomic E-state index is 5.70. The molecule has 0 spiro atoms. The number of nitrogens with two attached hydrogens (primary N) is 1. The molecular formula is C12H19N3. The monoisotopic (exact) mass is 205 g/mol.